The number of hydrogen-bond acceptors (Lipinski definition) is 3. The molecule has 0 bridgehead atoms. The molecule has 0 fully saturated rings. The Balaban J connectivity index is 2.16. The predicted molar refractivity (Wildman–Crippen MR) is 96.2 cm³/mol. The van der Waals surface area contributed by atoms with Gasteiger partial charge in [0.2, 0.25) is 0 Å². The number of fused-ring (bicyclic) bond motifs is 1. The van der Waals surface area contributed by atoms with Crippen LogP contribution in [0.1, 0.15) is 25.8 Å². The summed E-state index contributed by atoms with van der Waals surface area (Å²) in [4.78, 5) is 26.8. The van der Waals surface area contributed by atoms with Gasteiger partial charge in [-0.3, -0.25) is 9.69 Å². The molecule has 6 nitrogen and oxygen atoms in total. The highest BCUT2D eigenvalue weighted by atomic mass is 16.3. The van der Waals surface area contributed by atoms with E-state index in [1.54, 1.807) is 54.6 Å². The molecule has 0 spiro atoms. The molecule has 1 heterocycles. The average Bonchev–Trinajstić information content (AvgIpc) is 2.62. The first kappa shape index (κ1) is 17.0. The van der Waals surface area contributed by atoms with Crippen molar-refractivity contribution in [3.63, 3.8) is 0 Å². The van der Waals surface area contributed by atoms with Crippen molar-refractivity contribution in [3.8, 4) is 0 Å². The number of aliphatic hydroxyl groups is 1. The molecule has 3 rings (SSSR count). The molecule has 0 aliphatic carbocycles. The maximum Gasteiger partial charge on any atom is 0.329 e. The Morgan fingerprint density at radius 2 is 1.84 bits per heavy atom. The third kappa shape index (κ3) is 2.85. The summed E-state index contributed by atoms with van der Waals surface area (Å²) < 4.78 is 0. The van der Waals surface area contributed by atoms with E-state index in [1.807, 2.05) is 13.8 Å². The summed E-state index contributed by atoms with van der Waals surface area (Å²) >= 11 is 0. The Morgan fingerprint density at radius 1 is 1.20 bits per heavy atom. The highest BCUT2D eigenvalue weighted by Gasteiger charge is 2.52. The summed E-state index contributed by atoms with van der Waals surface area (Å²) in [5.74, 6) is -0.631. The third-order valence-electron chi connectivity index (χ3n) is 4.39. The van der Waals surface area contributed by atoms with E-state index in [2.05, 4.69) is 10.6 Å². The lowest BCUT2D eigenvalue weighted by atomic mass is 9.94. The van der Waals surface area contributed by atoms with Crippen LogP contribution in [-0.2, 0) is 10.5 Å². The smallest absolute Gasteiger partial charge is 0.329 e. The van der Waals surface area contributed by atoms with Crippen LogP contribution in [0.4, 0.5) is 16.2 Å². The van der Waals surface area contributed by atoms with Crippen LogP contribution in [0.5, 0.6) is 0 Å². The molecule has 0 radical (unpaired) electrons. The summed E-state index contributed by atoms with van der Waals surface area (Å²) in [6, 6.07) is 14.7. The Kier molecular flexibility index (Phi) is 4.46. The van der Waals surface area contributed by atoms with Gasteiger partial charge >= 0.3 is 6.03 Å². The molecule has 3 amide bonds. The fraction of sp³-hybridized carbons (Fsp3) is 0.263. The fourth-order valence-electron chi connectivity index (χ4n) is 2.87. The molecule has 0 aromatic heterocycles. The Bertz CT molecular complexity index is 794. The minimum absolute atomic E-state index is 0.133. The largest absolute Gasteiger partial charge is 0.359 e. The fourth-order valence-corrected chi connectivity index (χ4v) is 2.87. The molecule has 6 heteroatoms. The van der Waals surface area contributed by atoms with E-state index >= 15 is 0 Å². The number of para-hydroxylation sites is 2. The third-order valence-corrected chi connectivity index (χ3v) is 4.39. The minimum atomic E-state index is -2.14. The van der Waals surface area contributed by atoms with Gasteiger partial charge in [-0.1, -0.05) is 43.3 Å². The first-order valence-electron chi connectivity index (χ1n) is 8.27. The van der Waals surface area contributed by atoms with Crippen molar-refractivity contribution in [2.24, 2.45) is 0 Å². The van der Waals surface area contributed by atoms with Crippen LogP contribution in [0.2, 0.25) is 0 Å². The van der Waals surface area contributed by atoms with Gasteiger partial charge in [-0.25, -0.2) is 4.79 Å². The molecule has 25 heavy (non-hydrogen) atoms. The highest BCUT2D eigenvalue weighted by molar-refractivity contribution is 6.11. The van der Waals surface area contributed by atoms with Gasteiger partial charge in [0, 0.05) is 17.3 Å². The van der Waals surface area contributed by atoms with Gasteiger partial charge in [-0.05, 0) is 31.5 Å². The van der Waals surface area contributed by atoms with Gasteiger partial charge in [0.15, 0.2) is 0 Å². The summed E-state index contributed by atoms with van der Waals surface area (Å²) in [5.41, 5.74) is -0.957. The molecule has 1 aliphatic heterocycles. The molecule has 2 atom stereocenters. The molecule has 1 aliphatic rings. The lowest BCUT2D eigenvalue weighted by molar-refractivity contribution is -0.140. The van der Waals surface area contributed by atoms with E-state index in [9.17, 15) is 14.7 Å². The van der Waals surface area contributed by atoms with Gasteiger partial charge in [-0.2, -0.15) is 0 Å². The Hall–Kier alpha value is -2.86. The first-order valence-corrected chi connectivity index (χ1v) is 8.27. The van der Waals surface area contributed by atoms with E-state index < -0.39 is 17.7 Å². The van der Waals surface area contributed by atoms with Crippen LogP contribution < -0.4 is 15.5 Å². The highest BCUT2D eigenvalue weighted by Crippen LogP contribution is 2.39. The summed E-state index contributed by atoms with van der Waals surface area (Å²) in [7, 11) is 0. The van der Waals surface area contributed by atoms with Crippen molar-refractivity contribution in [1.29, 1.82) is 0 Å². The van der Waals surface area contributed by atoms with Crippen molar-refractivity contribution in [2.75, 3.05) is 10.2 Å². The molecule has 3 N–H and O–H groups in total. The number of anilines is 2. The number of rotatable bonds is 4. The number of urea groups is 1. The molecular formula is C19H21N3O3. The normalized spacial score (nSPS) is 20.4. The van der Waals surface area contributed by atoms with Gasteiger partial charge in [0.05, 0.1) is 5.69 Å². The van der Waals surface area contributed by atoms with Gasteiger partial charge in [-0.15, -0.1) is 0 Å². The number of nitrogens with zero attached hydrogens (tertiary/aromatic N) is 1. The zero-order valence-corrected chi connectivity index (χ0v) is 14.2. The minimum Gasteiger partial charge on any atom is -0.359 e. The zero-order valence-electron chi connectivity index (χ0n) is 14.2. The Labute approximate surface area is 146 Å². The number of benzene rings is 2. The number of carbonyl (C=O) groups excluding carboxylic acids is 2. The van der Waals surface area contributed by atoms with Crippen LogP contribution in [0.25, 0.3) is 0 Å². The SMILES string of the molecule is CC[C@H](C)NC(=O)[C@@]1(O)c2ccccc2NC(=O)N1c1ccccc1. The monoisotopic (exact) mass is 339 g/mol. The van der Waals surface area contributed by atoms with E-state index in [0.29, 0.717) is 23.4 Å². The van der Waals surface area contributed by atoms with Crippen molar-refractivity contribution in [2.45, 2.75) is 32.0 Å². The standard InChI is InChI=1S/C19H21N3O3/c1-3-13(2)20-17(23)19(25)15-11-7-8-12-16(15)21-18(24)22(19)14-9-5-4-6-10-14/h4-13,25H,3H2,1-2H3,(H,20,23)(H,21,24)/t13-,19-/m0/s1. The molecule has 2 aromatic rings. The molecule has 2 aromatic carbocycles. The summed E-state index contributed by atoms with van der Waals surface area (Å²) in [6.45, 7) is 3.79. The Morgan fingerprint density at radius 3 is 2.52 bits per heavy atom. The number of hydrogen-bond donors (Lipinski definition) is 3. The topological polar surface area (TPSA) is 81.7 Å². The van der Waals surface area contributed by atoms with Crippen molar-refractivity contribution >= 4 is 23.3 Å². The van der Waals surface area contributed by atoms with E-state index in [-0.39, 0.29) is 6.04 Å². The average molecular weight is 339 g/mol. The number of nitrogens with one attached hydrogen (secondary N) is 2. The van der Waals surface area contributed by atoms with Crippen LogP contribution in [0, 0.1) is 0 Å². The lowest BCUT2D eigenvalue weighted by Crippen LogP contribution is -2.63. The second kappa shape index (κ2) is 6.57. The van der Waals surface area contributed by atoms with E-state index in [0.717, 1.165) is 4.90 Å². The van der Waals surface area contributed by atoms with Gasteiger partial charge in [0.25, 0.3) is 11.6 Å². The molecule has 0 saturated carbocycles. The molecule has 130 valence electrons. The molecule has 0 saturated heterocycles. The molecule has 0 unspecified atom stereocenters. The summed E-state index contributed by atoms with van der Waals surface area (Å²) in [5, 5.41) is 17.0. The van der Waals surface area contributed by atoms with Gasteiger partial charge in [0.1, 0.15) is 0 Å². The predicted octanol–water partition coefficient (Wildman–Crippen LogP) is 2.80. The maximum absolute atomic E-state index is 13.0. The number of amides is 3. The van der Waals surface area contributed by atoms with E-state index in [4.69, 9.17) is 0 Å². The van der Waals surface area contributed by atoms with Crippen LogP contribution in [0.15, 0.2) is 54.6 Å². The van der Waals surface area contributed by atoms with Crippen molar-refractivity contribution < 1.29 is 14.7 Å². The van der Waals surface area contributed by atoms with Crippen molar-refractivity contribution in [1.82, 2.24) is 5.32 Å². The van der Waals surface area contributed by atoms with Crippen LogP contribution >= 0.6 is 0 Å². The zero-order chi connectivity index (χ0) is 18.0. The second-order valence-electron chi connectivity index (χ2n) is 6.10. The van der Waals surface area contributed by atoms with Gasteiger partial charge < -0.3 is 15.7 Å². The summed E-state index contributed by atoms with van der Waals surface area (Å²) in [6.07, 6.45) is 0.709. The number of carbonyl (C=O) groups is 2. The first-order chi connectivity index (χ1) is 12.0. The van der Waals surface area contributed by atoms with Crippen LogP contribution in [-0.4, -0.2) is 23.1 Å². The molecular weight excluding hydrogens is 318 g/mol. The van der Waals surface area contributed by atoms with E-state index in [1.165, 1.54) is 0 Å². The quantitative estimate of drug-likeness (QED) is 0.801. The lowest BCUT2D eigenvalue weighted by Gasteiger charge is -2.43. The second-order valence-corrected chi connectivity index (χ2v) is 6.10. The van der Waals surface area contributed by atoms with Crippen LogP contribution in [0.3, 0.4) is 0 Å². The van der Waals surface area contributed by atoms with Crippen molar-refractivity contribution in [3.05, 3.63) is 60.2 Å². The maximum atomic E-state index is 13.0.